The molecule has 1 rings (SSSR count). The van der Waals surface area contributed by atoms with Crippen LogP contribution in [-0.2, 0) is 4.74 Å². The molecule has 0 aliphatic heterocycles. The molecule has 1 aliphatic rings. The third kappa shape index (κ3) is 4.97. The lowest BCUT2D eigenvalue weighted by Crippen LogP contribution is -2.25. The van der Waals surface area contributed by atoms with Gasteiger partial charge in [0.15, 0.2) is 0 Å². The minimum absolute atomic E-state index is 0.836. The monoisotopic (exact) mass is 199 g/mol. The first-order valence-corrected chi connectivity index (χ1v) is 6.02. The van der Waals surface area contributed by atoms with E-state index in [0.717, 1.165) is 25.0 Å². The summed E-state index contributed by atoms with van der Waals surface area (Å²) in [6.07, 6.45) is 7.13. The fourth-order valence-electron chi connectivity index (χ4n) is 2.25. The molecule has 2 atom stereocenters. The van der Waals surface area contributed by atoms with E-state index in [1.165, 1.54) is 38.6 Å². The molecule has 0 radical (unpaired) electrons. The van der Waals surface area contributed by atoms with Crippen molar-refractivity contribution in [3.05, 3.63) is 0 Å². The van der Waals surface area contributed by atoms with E-state index in [9.17, 15) is 0 Å². The van der Waals surface area contributed by atoms with Crippen LogP contribution in [0.4, 0.5) is 0 Å². The van der Waals surface area contributed by atoms with Gasteiger partial charge in [0.2, 0.25) is 0 Å². The van der Waals surface area contributed by atoms with Crippen LogP contribution in [-0.4, -0.2) is 26.8 Å². The number of rotatable bonds is 5. The molecule has 1 aliphatic carbocycles. The minimum atomic E-state index is 0.836. The maximum absolute atomic E-state index is 5.01. The number of ether oxygens (including phenoxy) is 1. The van der Waals surface area contributed by atoms with E-state index in [4.69, 9.17) is 4.74 Å². The molecule has 1 N–H and O–H groups in total. The van der Waals surface area contributed by atoms with E-state index in [0.29, 0.717) is 0 Å². The molecule has 0 spiro atoms. The van der Waals surface area contributed by atoms with Crippen molar-refractivity contribution in [2.75, 3.05) is 26.8 Å². The van der Waals surface area contributed by atoms with E-state index >= 15 is 0 Å². The second kappa shape index (κ2) is 7.24. The predicted octanol–water partition coefficient (Wildman–Crippen LogP) is 2.44. The normalized spacial score (nSPS) is 28.7. The topological polar surface area (TPSA) is 21.3 Å². The van der Waals surface area contributed by atoms with Gasteiger partial charge in [-0.2, -0.15) is 0 Å². The zero-order chi connectivity index (χ0) is 10.2. The van der Waals surface area contributed by atoms with Crippen LogP contribution in [0.1, 0.15) is 39.0 Å². The Kier molecular flexibility index (Phi) is 6.20. The van der Waals surface area contributed by atoms with Crippen LogP contribution in [0.5, 0.6) is 0 Å². The third-order valence-corrected chi connectivity index (χ3v) is 3.29. The summed E-state index contributed by atoms with van der Waals surface area (Å²) in [5, 5.41) is 3.47. The summed E-state index contributed by atoms with van der Waals surface area (Å²) < 4.78 is 5.01. The van der Waals surface area contributed by atoms with Crippen LogP contribution < -0.4 is 5.32 Å². The molecule has 0 aromatic carbocycles. The molecular formula is C12H25NO. The Balaban J connectivity index is 2.05. The minimum Gasteiger partial charge on any atom is -0.383 e. The van der Waals surface area contributed by atoms with Crippen molar-refractivity contribution in [1.82, 2.24) is 5.32 Å². The predicted molar refractivity (Wildman–Crippen MR) is 60.5 cm³/mol. The Bertz CT molecular complexity index is 138. The quantitative estimate of drug-likeness (QED) is 0.542. The van der Waals surface area contributed by atoms with E-state index in [2.05, 4.69) is 12.2 Å². The highest BCUT2D eigenvalue weighted by Gasteiger charge is 2.15. The molecule has 84 valence electrons. The zero-order valence-corrected chi connectivity index (χ0v) is 9.72. The van der Waals surface area contributed by atoms with Crippen LogP contribution >= 0.6 is 0 Å². The SMILES string of the molecule is COCCNCC1CCCC(C)CC1. The Labute approximate surface area is 88.4 Å². The smallest absolute Gasteiger partial charge is 0.0587 e. The Morgan fingerprint density at radius 1 is 1.21 bits per heavy atom. The number of nitrogens with one attached hydrogen (secondary N) is 1. The van der Waals surface area contributed by atoms with Crippen LogP contribution in [0.15, 0.2) is 0 Å². The van der Waals surface area contributed by atoms with Gasteiger partial charge in [-0.25, -0.2) is 0 Å². The highest BCUT2D eigenvalue weighted by molar-refractivity contribution is 4.69. The fourth-order valence-corrected chi connectivity index (χ4v) is 2.25. The second-order valence-electron chi connectivity index (χ2n) is 4.68. The fraction of sp³-hybridized carbons (Fsp3) is 1.00. The van der Waals surface area contributed by atoms with Crippen LogP contribution in [0.3, 0.4) is 0 Å². The summed E-state index contributed by atoms with van der Waals surface area (Å²) >= 11 is 0. The van der Waals surface area contributed by atoms with Crippen LogP contribution in [0, 0.1) is 11.8 Å². The molecular weight excluding hydrogens is 174 g/mol. The first-order chi connectivity index (χ1) is 6.83. The van der Waals surface area contributed by atoms with Gasteiger partial charge in [-0.3, -0.25) is 0 Å². The van der Waals surface area contributed by atoms with Crippen molar-refractivity contribution >= 4 is 0 Å². The van der Waals surface area contributed by atoms with Gasteiger partial charge in [0.25, 0.3) is 0 Å². The molecule has 0 aromatic rings. The summed E-state index contributed by atoms with van der Waals surface area (Å²) in [6, 6.07) is 0. The van der Waals surface area contributed by atoms with Gasteiger partial charge < -0.3 is 10.1 Å². The van der Waals surface area contributed by atoms with E-state index < -0.39 is 0 Å². The first-order valence-electron chi connectivity index (χ1n) is 6.02. The van der Waals surface area contributed by atoms with Crippen molar-refractivity contribution in [3.63, 3.8) is 0 Å². The van der Waals surface area contributed by atoms with Crippen molar-refractivity contribution in [2.45, 2.75) is 39.0 Å². The maximum Gasteiger partial charge on any atom is 0.0587 e. The number of hydrogen-bond acceptors (Lipinski definition) is 2. The van der Waals surface area contributed by atoms with E-state index in [1.54, 1.807) is 7.11 Å². The third-order valence-electron chi connectivity index (χ3n) is 3.29. The van der Waals surface area contributed by atoms with Gasteiger partial charge in [-0.05, 0) is 31.2 Å². The summed E-state index contributed by atoms with van der Waals surface area (Å²) in [6.45, 7) is 5.42. The van der Waals surface area contributed by atoms with E-state index in [1.807, 2.05) is 0 Å². The molecule has 1 saturated carbocycles. The van der Waals surface area contributed by atoms with Crippen molar-refractivity contribution in [1.29, 1.82) is 0 Å². The molecule has 0 bridgehead atoms. The summed E-state index contributed by atoms with van der Waals surface area (Å²) in [5.74, 6) is 1.87. The summed E-state index contributed by atoms with van der Waals surface area (Å²) in [5.41, 5.74) is 0. The average molecular weight is 199 g/mol. The van der Waals surface area contributed by atoms with Gasteiger partial charge in [0.05, 0.1) is 6.61 Å². The van der Waals surface area contributed by atoms with Crippen LogP contribution in [0.2, 0.25) is 0 Å². The van der Waals surface area contributed by atoms with E-state index in [-0.39, 0.29) is 0 Å². The van der Waals surface area contributed by atoms with Crippen molar-refractivity contribution in [3.8, 4) is 0 Å². The molecule has 2 heteroatoms. The van der Waals surface area contributed by atoms with Crippen molar-refractivity contribution in [2.24, 2.45) is 11.8 Å². The molecule has 2 unspecified atom stereocenters. The second-order valence-corrected chi connectivity index (χ2v) is 4.68. The van der Waals surface area contributed by atoms with Gasteiger partial charge in [-0.15, -0.1) is 0 Å². The Morgan fingerprint density at radius 3 is 2.86 bits per heavy atom. The highest BCUT2D eigenvalue weighted by Crippen LogP contribution is 2.26. The van der Waals surface area contributed by atoms with Crippen LogP contribution in [0.25, 0.3) is 0 Å². The lowest BCUT2D eigenvalue weighted by molar-refractivity contribution is 0.197. The maximum atomic E-state index is 5.01. The van der Waals surface area contributed by atoms with Gasteiger partial charge in [0, 0.05) is 13.7 Å². The summed E-state index contributed by atoms with van der Waals surface area (Å²) in [4.78, 5) is 0. The molecule has 0 saturated heterocycles. The largest absolute Gasteiger partial charge is 0.383 e. The van der Waals surface area contributed by atoms with Crippen molar-refractivity contribution < 1.29 is 4.74 Å². The molecule has 0 aromatic heterocycles. The standard InChI is InChI=1S/C12H25NO/c1-11-4-3-5-12(7-6-11)10-13-8-9-14-2/h11-13H,3-10H2,1-2H3. The lowest BCUT2D eigenvalue weighted by atomic mass is 9.99. The molecule has 2 nitrogen and oxygen atoms in total. The first kappa shape index (κ1) is 12.0. The molecule has 14 heavy (non-hydrogen) atoms. The zero-order valence-electron chi connectivity index (χ0n) is 9.72. The average Bonchev–Trinajstić information content (AvgIpc) is 2.38. The highest BCUT2D eigenvalue weighted by atomic mass is 16.5. The Hall–Kier alpha value is -0.0800. The van der Waals surface area contributed by atoms with Gasteiger partial charge in [0.1, 0.15) is 0 Å². The lowest BCUT2D eigenvalue weighted by Gasteiger charge is -2.14. The Morgan fingerprint density at radius 2 is 2.07 bits per heavy atom. The molecule has 0 amide bonds. The molecule has 1 fully saturated rings. The van der Waals surface area contributed by atoms with Gasteiger partial charge in [-0.1, -0.05) is 26.2 Å². The van der Waals surface area contributed by atoms with Gasteiger partial charge >= 0.3 is 0 Å². The summed E-state index contributed by atoms with van der Waals surface area (Å²) in [7, 11) is 1.76. The number of methoxy groups -OCH3 is 1. The number of hydrogen-bond donors (Lipinski definition) is 1. The molecule has 0 heterocycles.